The van der Waals surface area contributed by atoms with Gasteiger partial charge in [-0.3, -0.25) is 0 Å². The van der Waals surface area contributed by atoms with Crippen molar-refractivity contribution in [3.8, 4) is 0 Å². The van der Waals surface area contributed by atoms with Crippen LogP contribution in [0.5, 0.6) is 0 Å². The van der Waals surface area contributed by atoms with Crippen molar-refractivity contribution in [2.45, 2.75) is 45.7 Å². The molecule has 0 amide bonds. The number of hydrogen-bond acceptors (Lipinski definition) is 3. The first-order valence-electron chi connectivity index (χ1n) is 7.10. The van der Waals surface area contributed by atoms with E-state index in [9.17, 15) is 5.11 Å². The molecule has 1 aliphatic heterocycles. The summed E-state index contributed by atoms with van der Waals surface area (Å²) >= 11 is 0. The summed E-state index contributed by atoms with van der Waals surface area (Å²) in [6.45, 7) is 7.31. The third-order valence-electron chi connectivity index (χ3n) is 3.43. The Morgan fingerprint density at radius 3 is 2.50 bits per heavy atom. The van der Waals surface area contributed by atoms with Crippen molar-refractivity contribution in [1.29, 1.82) is 0 Å². The predicted octanol–water partition coefficient (Wildman–Crippen LogP) is 2.93. The van der Waals surface area contributed by atoms with Crippen LogP contribution in [0.4, 0.5) is 0 Å². The monoisotopic (exact) mass is 276 g/mol. The molecule has 1 N–H and O–H groups in total. The molecule has 2 rings (SSSR count). The highest BCUT2D eigenvalue weighted by atomic mass is 16.5. The molecule has 110 valence electrons. The lowest BCUT2D eigenvalue weighted by molar-refractivity contribution is -0.121. The maximum absolute atomic E-state index is 9.96. The average molecular weight is 276 g/mol. The van der Waals surface area contributed by atoms with Crippen LogP contribution in [-0.4, -0.2) is 30.0 Å². The van der Waals surface area contributed by atoms with Gasteiger partial charge in [0.1, 0.15) is 12.2 Å². The van der Waals surface area contributed by atoms with Gasteiger partial charge in [0.25, 0.3) is 0 Å². The molecule has 1 aliphatic rings. The van der Waals surface area contributed by atoms with Crippen LogP contribution in [0.15, 0.2) is 42.5 Å². The fourth-order valence-electron chi connectivity index (χ4n) is 2.15. The topological polar surface area (TPSA) is 38.7 Å². The van der Waals surface area contributed by atoms with Crippen molar-refractivity contribution in [2.75, 3.05) is 6.61 Å². The van der Waals surface area contributed by atoms with E-state index in [0.717, 1.165) is 5.56 Å². The summed E-state index contributed by atoms with van der Waals surface area (Å²) in [5.74, 6) is 0. The van der Waals surface area contributed by atoms with E-state index in [1.54, 1.807) is 0 Å². The Kier molecular flexibility index (Phi) is 4.97. The van der Waals surface area contributed by atoms with Gasteiger partial charge in [0.05, 0.1) is 19.3 Å². The SMILES string of the molecule is CC(C)(C)[C@@H]1C=C[C@H](O)[C@@H](COCc2ccccc2)O1. The normalized spacial score (nSPS) is 26.7. The van der Waals surface area contributed by atoms with E-state index in [-0.39, 0.29) is 17.6 Å². The zero-order valence-corrected chi connectivity index (χ0v) is 12.5. The van der Waals surface area contributed by atoms with Crippen LogP contribution in [-0.2, 0) is 16.1 Å². The number of hydrogen-bond donors (Lipinski definition) is 1. The minimum Gasteiger partial charge on any atom is -0.386 e. The molecule has 3 nitrogen and oxygen atoms in total. The van der Waals surface area contributed by atoms with Crippen molar-refractivity contribution in [3.63, 3.8) is 0 Å². The molecule has 0 saturated carbocycles. The summed E-state index contributed by atoms with van der Waals surface area (Å²) in [6, 6.07) is 10.0. The van der Waals surface area contributed by atoms with Crippen LogP contribution >= 0.6 is 0 Å². The van der Waals surface area contributed by atoms with Crippen molar-refractivity contribution < 1.29 is 14.6 Å². The maximum Gasteiger partial charge on any atom is 0.111 e. The average Bonchev–Trinajstić information content (AvgIpc) is 2.41. The quantitative estimate of drug-likeness (QED) is 0.859. The van der Waals surface area contributed by atoms with E-state index in [1.165, 1.54) is 0 Å². The molecule has 0 fully saturated rings. The molecule has 20 heavy (non-hydrogen) atoms. The first-order chi connectivity index (χ1) is 9.47. The van der Waals surface area contributed by atoms with E-state index >= 15 is 0 Å². The molecule has 0 spiro atoms. The van der Waals surface area contributed by atoms with Crippen LogP contribution in [0.3, 0.4) is 0 Å². The minimum absolute atomic E-state index is 0.0104. The zero-order valence-electron chi connectivity index (χ0n) is 12.5. The molecule has 0 saturated heterocycles. The predicted molar refractivity (Wildman–Crippen MR) is 79.4 cm³/mol. The third-order valence-corrected chi connectivity index (χ3v) is 3.43. The molecule has 0 aromatic heterocycles. The molecular weight excluding hydrogens is 252 g/mol. The van der Waals surface area contributed by atoms with Gasteiger partial charge in [-0.05, 0) is 11.0 Å². The molecule has 1 aromatic carbocycles. The van der Waals surface area contributed by atoms with Gasteiger partial charge in [-0.25, -0.2) is 0 Å². The van der Waals surface area contributed by atoms with Gasteiger partial charge in [0.2, 0.25) is 0 Å². The smallest absolute Gasteiger partial charge is 0.111 e. The van der Waals surface area contributed by atoms with Crippen LogP contribution in [0.2, 0.25) is 0 Å². The summed E-state index contributed by atoms with van der Waals surface area (Å²) in [5.41, 5.74) is 1.15. The lowest BCUT2D eigenvalue weighted by Gasteiger charge is -2.36. The second kappa shape index (κ2) is 6.53. The summed E-state index contributed by atoms with van der Waals surface area (Å²) in [5, 5.41) is 9.96. The molecule has 3 atom stereocenters. The van der Waals surface area contributed by atoms with Gasteiger partial charge in [-0.1, -0.05) is 63.3 Å². The number of aliphatic hydroxyl groups is 1. The molecule has 0 bridgehead atoms. The molecule has 3 heteroatoms. The lowest BCUT2D eigenvalue weighted by atomic mass is 9.87. The van der Waals surface area contributed by atoms with E-state index in [2.05, 4.69) is 20.8 Å². The minimum atomic E-state index is -0.593. The van der Waals surface area contributed by atoms with Gasteiger partial charge in [-0.2, -0.15) is 0 Å². The molecule has 0 aliphatic carbocycles. The van der Waals surface area contributed by atoms with E-state index in [0.29, 0.717) is 13.2 Å². The molecule has 1 heterocycles. The van der Waals surface area contributed by atoms with Gasteiger partial charge in [0, 0.05) is 0 Å². The van der Waals surface area contributed by atoms with Gasteiger partial charge < -0.3 is 14.6 Å². The van der Waals surface area contributed by atoms with Gasteiger partial charge in [0.15, 0.2) is 0 Å². The highest BCUT2D eigenvalue weighted by Gasteiger charge is 2.32. The third kappa shape index (κ3) is 4.17. The van der Waals surface area contributed by atoms with Crippen LogP contribution in [0, 0.1) is 5.41 Å². The molecule has 0 unspecified atom stereocenters. The van der Waals surface area contributed by atoms with E-state index in [4.69, 9.17) is 9.47 Å². The fourth-order valence-corrected chi connectivity index (χ4v) is 2.15. The second-order valence-electron chi connectivity index (χ2n) is 6.34. The van der Waals surface area contributed by atoms with Gasteiger partial charge in [-0.15, -0.1) is 0 Å². The van der Waals surface area contributed by atoms with Gasteiger partial charge >= 0.3 is 0 Å². The Bertz CT molecular complexity index is 433. The summed E-state index contributed by atoms with van der Waals surface area (Å²) in [4.78, 5) is 0. The molecule has 0 radical (unpaired) electrons. The molecule has 1 aromatic rings. The molecular formula is C17H24O3. The zero-order chi connectivity index (χ0) is 14.6. The Balaban J connectivity index is 1.85. The Labute approximate surface area is 121 Å². The Hall–Kier alpha value is -1.16. The highest BCUT2D eigenvalue weighted by Crippen LogP contribution is 2.28. The van der Waals surface area contributed by atoms with Crippen molar-refractivity contribution in [3.05, 3.63) is 48.0 Å². The first kappa shape index (κ1) is 15.2. The van der Waals surface area contributed by atoms with Crippen molar-refractivity contribution in [1.82, 2.24) is 0 Å². The lowest BCUT2D eigenvalue weighted by Crippen LogP contribution is -2.43. The fraction of sp³-hybridized carbons (Fsp3) is 0.529. The van der Waals surface area contributed by atoms with Crippen LogP contribution in [0.25, 0.3) is 0 Å². The summed E-state index contributed by atoms with van der Waals surface area (Å²) < 4.78 is 11.6. The Morgan fingerprint density at radius 2 is 1.85 bits per heavy atom. The highest BCUT2D eigenvalue weighted by molar-refractivity contribution is 5.13. The van der Waals surface area contributed by atoms with Crippen LogP contribution in [0.1, 0.15) is 26.3 Å². The Morgan fingerprint density at radius 1 is 1.15 bits per heavy atom. The summed E-state index contributed by atoms with van der Waals surface area (Å²) in [7, 11) is 0. The van der Waals surface area contributed by atoms with Crippen LogP contribution < -0.4 is 0 Å². The first-order valence-corrected chi connectivity index (χ1v) is 7.10. The number of aliphatic hydroxyl groups excluding tert-OH is 1. The maximum atomic E-state index is 9.96. The van der Waals surface area contributed by atoms with E-state index in [1.807, 2.05) is 42.5 Å². The number of ether oxygens (including phenoxy) is 2. The number of rotatable bonds is 4. The summed E-state index contributed by atoms with van der Waals surface area (Å²) in [6.07, 6.45) is 2.88. The number of benzene rings is 1. The standard InChI is InChI=1S/C17H24O3/c1-17(2,3)16-10-9-14(18)15(20-16)12-19-11-13-7-5-4-6-8-13/h4-10,14-16,18H,11-12H2,1-3H3/t14-,15+,16-/m0/s1. The second-order valence-corrected chi connectivity index (χ2v) is 6.34. The van der Waals surface area contributed by atoms with E-state index < -0.39 is 6.10 Å². The van der Waals surface area contributed by atoms with Crippen molar-refractivity contribution in [2.24, 2.45) is 5.41 Å². The largest absolute Gasteiger partial charge is 0.386 e. The van der Waals surface area contributed by atoms with Crippen molar-refractivity contribution >= 4 is 0 Å².